The third-order valence-electron chi connectivity index (χ3n) is 7.37. The molecule has 6 nitrogen and oxygen atoms in total. The highest BCUT2D eigenvalue weighted by molar-refractivity contribution is 7.80. The van der Waals surface area contributed by atoms with E-state index in [1.54, 1.807) is 0 Å². The van der Waals surface area contributed by atoms with Crippen LogP contribution in [-0.2, 0) is 13.1 Å². The Hall–Kier alpha value is -3.42. The summed E-state index contributed by atoms with van der Waals surface area (Å²) in [6.07, 6.45) is 1.79. The molecule has 1 atom stereocenters. The lowest BCUT2D eigenvalue weighted by Gasteiger charge is -2.35. The number of aromatic amines is 1. The number of piperidine rings is 1. The maximum absolute atomic E-state index is 12.6. The molecule has 37 heavy (non-hydrogen) atoms. The summed E-state index contributed by atoms with van der Waals surface area (Å²) in [5.41, 5.74) is 4.48. The van der Waals surface area contributed by atoms with Gasteiger partial charge < -0.3 is 15.2 Å². The normalized spacial score (nSPS) is 15.2. The molecule has 1 unspecified atom stereocenters. The fraction of sp³-hybridized carbons (Fsp3) is 0.333. The molecule has 2 N–H and O–H groups in total. The molecule has 0 aliphatic carbocycles. The summed E-state index contributed by atoms with van der Waals surface area (Å²) in [6.45, 7) is 6.49. The first-order valence-electron chi connectivity index (χ1n) is 13.1. The number of para-hydroxylation sites is 2. The monoisotopic (exact) mass is 513 g/mol. The Morgan fingerprint density at radius 2 is 1.51 bits per heavy atom. The van der Waals surface area contributed by atoms with Crippen LogP contribution in [-0.4, -0.2) is 50.1 Å². The van der Waals surface area contributed by atoms with Crippen molar-refractivity contribution in [2.75, 3.05) is 19.6 Å². The van der Waals surface area contributed by atoms with Gasteiger partial charge in [0.15, 0.2) is 5.11 Å². The van der Waals surface area contributed by atoms with Gasteiger partial charge in [0.05, 0.1) is 11.0 Å². The molecule has 0 radical (unpaired) electrons. The molecule has 4 aromatic rings. The number of imidazole rings is 1. The van der Waals surface area contributed by atoms with Crippen LogP contribution in [0.4, 0.5) is 0 Å². The lowest BCUT2D eigenvalue weighted by molar-refractivity contribution is 0.189. The summed E-state index contributed by atoms with van der Waals surface area (Å²) in [5.74, 6) is 0. The number of rotatable bonds is 8. The van der Waals surface area contributed by atoms with Crippen molar-refractivity contribution >= 4 is 28.4 Å². The van der Waals surface area contributed by atoms with E-state index < -0.39 is 0 Å². The molecule has 5 rings (SSSR count). The van der Waals surface area contributed by atoms with Crippen molar-refractivity contribution in [3.63, 3.8) is 0 Å². The zero-order chi connectivity index (χ0) is 25.6. The number of fused-ring (bicyclic) bond motifs is 1. The number of likely N-dealkylation sites (tertiary alicyclic amines) is 1. The minimum Gasteiger partial charge on any atom is -0.361 e. The minimum absolute atomic E-state index is 0.0221. The predicted octanol–water partition coefficient (Wildman–Crippen LogP) is 4.93. The van der Waals surface area contributed by atoms with E-state index in [9.17, 15) is 4.79 Å². The molecular formula is C30H35N5OS. The molecule has 1 aliphatic heterocycles. The second kappa shape index (κ2) is 11.8. The van der Waals surface area contributed by atoms with Gasteiger partial charge in [-0.15, -0.1) is 0 Å². The van der Waals surface area contributed by atoms with Crippen LogP contribution in [0.1, 0.15) is 36.9 Å². The van der Waals surface area contributed by atoms with Crippen molar-refractivity contribution in [1.29, 1.82) is 0 Å². The number of H-pyrrole nitrogens is 1. The van der Waals surface area contributed by atoms with E-state index in [4.69, 9.17) is 12.2 Å². The molecule has 0 spiro atoms. The average Bonchev–Trinajstić information content (AvgIpc) is 3.28. The molecule has 0 bridgehead atoms. The molecule has 0 saturated carbocycles. The third kappa shape index (κ3) is 6.12. The molecule has 1 aliphatic rings. The number of hydrogen-bond donors (Lipinski definition) is 2. The van der Waals surface area contributed by atoms with Crippen molar-refractivity contribution in [2.24, 2.45) is 0 Å². The first-order valence-corrected chi connectivity index (χ1v) is 13.5. The van der Waals surface area contributed by atoms with Gasteiger partial charge in [-0.25, -0.2) is 4.79 Å². The number of nitrogens with zero attached hydrogens (tertiary/aromatic N) is 3. The number of hydrogen-bond acceptors (Lipinski definition) is 3. The molecule has 1 aromatic heterocycles. The summed E-state index contributed by atoms with van der Waals surface area (Å²) >= 11 is 5.80. The van der Waals surface area contributed by atoms with E-state index in [-0.39, 0.29) is 11.7 Å². The van der Waals surface area contributed by atoms with Crippen molar-refractivity contribution in [3.8, 4) is 0 Å². The van der Waals surface area contributed by atoms with Gasteiger partial charge >= 0.3 is 5.69 Å². The van der Waals surface area contributed by atoms with Crippen LogP contribution in [0.25, 0.3) is 11.0 Å². The van der Waals surface area contributed by atoms with E-state index in [1.165, 1.54) is 11.1 Å². The van der Waals surface area contributed by atoms with Crippen LogP contribution in [0.3, 0.4) is 0 Å². The van der Waals surface area contributed by atoms with Gasteiger partial charge in [0.1, 0.15) is 0 Å². The topological polar surface area (TPSA) is 56.3 Å². The summed E-state index contributed by atoms with van der Waals surface area (Å²) < 4.78 is 1.93. The molecule has 2 heterocycles. The number of aromatic nitrogens is 2. The maximum atomic E-state index is 12.6. The summed E-state index contributed by atoms with van der Waals surface area (Å²) in [7, 11) is 0. The van der Waals surface area contributed by atoms with E-state index >= 15 is 0 Å². The Bertz CT molecular complexity index is 1320. The Morgan fingerprint density at radius 3 is 2.14 bits per heavy atom. The quantitative estimate of drug-likeness (QED) is 0.327. The lowest BCUT2D eigenvalue weighted by atomic mass is 10.0. The van der Waals surface area contributed by atoms with Gasteiger partial charge in [-0.2, -0.15) is 0 Å². The molecule has 3 aromatic carbocycles. The highest BCUT2D eigenvalue weighted by Gasteiger charge is 2.25. The predicted molar refractivity (Wildman–Crippen MR) is 155 cm³/mol. The van der Waals surface area contributed by atoms with Crippen LogP contribution in [0, 0.1) is 0 Å². The van der Waals surface area contributed by atoms with E-state index in [1.807, 2.05) is 28.8 Å². The van der Waals surface area contributed by atoms with Crippen molar-refractivity contribution < 1.29 is 0 Å². The number of nitrogens with one attached hydrogen (secondary N) is 2. The zero-order valence-corrected chi connectivity index (χ0v) is 22.2. The van der Waals surface area contributed by atoms with Gasteiger partial charge in [-0.05, 0) is 55.2 Å². The van der Waals surface area contributed by atoms with Crippen molar-refractivity contribution in [3.05, 3.63) is 107 Å². The van der Waals surface area contributed by atoms with Crippen molar-refractivity contribution in [1.82, 2.24) is 24.7 Å². The fourth-order valence-corrected chi connectivity index (χ4v) is 5.51. The number of thiocarbonyl (C=S) groups is 1. The Labute approximate surface area is 223 Å². The van der Waals surface area contributed by atoms with Crippen LogP contribution < -0.4 is 11.0 Å². The number of benzene rings is 3. The molecular weight excluding hydrogens is 478 g/mol. The van der Waals surface area contributed by atoms with Gasteiger partial charge in [0.25, 0.3) is 0 Å². The van der Waals surface area contributed by atoms with E-state index in [0.29, 0.717) is 6.04 Å². The second-order valence-corrected chi connectivity index (χ2v) is 10.3. The Balaban J connectivity index is 1.17. The lowest BCUT2D eigenvalue weighted by Crippen LogP contribution is -2.48. The Morgan fingerprint density at radius 1 is 0.946 bits per heavy atom. The first-order chi connectivity index (χ1) is 18.1. The highest BCUT2D eigenvalue weighted by atomic mass is 32.1. The van der Waals surface area contributed by atoms with Gasteiger partial charge in [0, 0.05) is 44.8 Å². The van der Waals surface area contributed by atoms with Crippen LogP contribution in [0.15, 0.2) is 89.7 Å². The smallest absolute Gasteiger partial charge is 0.326 e. The summed E-state index contributed by atoms with van der Waals surface area (Å²) in [4.78, 5) is 20.3. The van der Waals surface area contributed by atoms with E-state index in [0.717, 1.165) is 61.7 Å². The summed E-state index contributed by atoms with van der Waals surface area (Å²) in [6, 6.07) is 29.7. The standard InChI is InChI=1S/C30H35N5OS/c1-23(34(21-24-10-4-2-5-11-24)22-25-12-6-3-7-13-25)20-31-30(37)33-18-16-26(17-19-33)35-28-15-9-8-14-27(28)32-29(35)36/h2-15,23,26H,16-22H2,1H3,(H,31,37)(H,32,36). The molecule has 0 amide bonds. The highest BCUT2D eigenvalue weighted by Crippen LogP contribution is 2.25. The molecule has 192 valence electrons. The average molecular weight is 514 g/mol. The van der Waals surface area contributed by atoms with Crippen LogP contribution >= 0.6 is 12.2 Å². The molecule has 1 fully saturated rings. The SMILES string of the molecule is CC(CNC(=S)N1CCC(n2c(=O)[nH]c3ccccc32)CC1)N(Cc1ccccc1)Cc1ccccc1. The zero-order valence-electron chi connectivity index (χ0n) is 21.3. The third-order valence-corrected chi connectivity index (χ3v) is 7.77. The van der Waals surface area contributed by atoms with Gasteiger partial charge in [-0.3, -0.25) is 9.47 Å². The van der Waals surface area contributed by atoms with Crippen LogP contribution in [0.5, 0.6) is 0 Å². The fourth-order valence-electron chi connectivity index (χ4n) is 5.24. The molecule has 7 heteroatoms. The largest absolute Gasteiger partial charge is 0.361 e. The van der Waals surface area contributed by atoms with Crippen LogP contribution in [0.2, 0.25) is 0 Å². The maximum Gasteiger partial charge on any atom is 0.326 e. The first kappa shape index (κ1) is 25.2. The van der Waals surface area contributed by atoms with Gasteiger partial charge in [-0.1, -0.05) is 72.8 Å². The second-order valence-electron chi connectivity index (χ2n) is 9.95. The van der Waals surface area contributed by atoms with E-state index in [2.05, 4.69) is 87.7 Å². The van der Waals surface area contributed by atoms with Gasteiger partial charge in [0.2, 0.25) is 0 Å². The molecule has 1 saturated heterocycles. The van der Waals surface area contributed by atoms with Crippen molar-refractivity contribution in [2.45, 2.75) is 44.9 Å². The summed E-state index contributed by atoms with van der Waals surface area (Å²) in [5, 5.41) is 4.34. The minimum atomic E-state index is -0.0221. The Kier molecular flexibility index (Phi) is 8.02.